The third-order valence-electron chi connectivity index (χ3n) is 11.6. The minimum absolute atomic E-state index is 0.0103. The maximum atomic E-state index is 13.7. The number of hydroxylamine groups is 2. The lowest BCUT2D eigenvalue weighted by atomic mass is 9.99. The van der Waals surface area contributed by atoms with Crippen molar-refractivity contribution in [3.8, 4) is 5.75 Å². The number of carbonyl (C=O) groups is 4. The third kappa shape index (κ3) is 22.2. The summed E-state index contributed by atoms with van der Waals surface area (Å²) in [5.41, 5.74) is 2.15. The highest BCUT2D eigenvalue weighted by molar-refractivity contribution is 6.08. The van der Waals surface area contributed by atoms with E-state index in [1.807, 2.05) is 28.8 Å². The number of para-hydroxylation sites is 1. The van der Waals surface area contributed by atoms with E-state index in [0.717, 1.165) is 10.9 Å². The number of carboxylic acid groups (broad SMARTS) is 1. The molecule has 0 bridgehead atoms. The van der Waals surface area contributed by atoms with Crippen LogP contribution in [-0.4, -0.2) is 237 Å². The molecule has 2 aromatic carbocycles. The second kappa shape index (κ2) is 35.8. The molecule has 1 aliphatic rings. The maximum Gasteiger partial charge on any atom is 0.413 e. The van der Waals surface area contributed by atoms with Crippen LogP contribution < -0.4 is 26.0 Å². The molecule has 1 fully saturated rings. The average Bonchev–Trinajstić information content (AvgIpc) is 3.86. The molecule has 0 spiro atoms. The smallest absolute Gasteiger partial charge is 0.413 e. The van der Waals surface area contributed by atoms with Crippen LogP contribution in [0.15, 0.2) is 48.8 Å². The summed E-state index contributed by atoms with van der Waals surface area (Å²) in [5.74, 6) is -2.40. The lowest BCUT2D eigenvalue weighted by molar-refractivity contribution is -0.310. The van der Waals surface area contributed by atoms with Crippen molar-refractivity contribution in [3.63, 3.8) is 0 Å². The SMILES string of the molecule is CNC(CNC(=O)CCOCCOCCOCCOCCOCCOCCOCCOCCN(O)O)C(=O)Nc1cc(COC(=O)Nc2nc3ccccc3c3c2ncn3CC(C)C)ccc1O[C@@H]1O[C@H](C(=O)O)[C@@H](O)[C@H](O)[C@H]1O. The summed E-state index contributed by atoms with van der Waals surface area (Å²) >= 11 is 0. The zero-order valence-electron chi connectivity index (χ0n) is 45.1. The number of pyridine rings is 1. The minimum atomic E-state index is -1.98. The second-order valence-electron chi connectivity index (χ2n) is 18.2. The van der Waals surface area contributed by atoms with Crippen LogP contribution in [0.3, 0.4) is 0 Å². The van der Waals surface area contributed by atoms with Crippen molar-refractivity contribution in [3.05, 3.63) is 54.4 Å². The summed E-state index contributed by atoms with van der Waals surface area (Å²) in [6.07, 6.45) is -8.89. The topological polar surface area (TPSA) is 373 Å². The van der Waals surface area contributed by atoms with Crippen LogP contribution in [0, 0.1) is 5.92 Å². The van der Waals surface area contributed by atoms with E-state index in [1.54, 1.807) is 6.33 Å². The number of nitrogens with one attached hydrogen (secondary N) is 4. The number of fused-ring (bicyclic) bond motifs is 3. The van der Waals surface area contributed by atoms with E-state index in [2.05, 4.69) is 45.1 Å². The predicted molar refractivity (Wildman–Crippen MR) is 281 cm³/mol. The number of imidazole rings is 1. The first kappa shape index (κ1) is 65.0. The lowest BCUT2D eigenvalue weighted by Crippen LogP contribution is -2.61. The van der Waals surface area contributed by atoms with Gasteiger partial charge in [0.25, 0.3) is 0 Å². The number of amides is 3. The fraction of sp³-hybridized carbons (Fsp3) is 0.608. The highest BCUT2D eigenvalue weighted by Gasteiger charge is 2.48. The van der Waals surface area contributed by atoms with Crippen molar-refractivity contribution < 1.29 is 102 Å². The molecular formula is C51H76N8O21. The van der Waals surface area contributed by atoms with E-state index in [9.17, 15) is 39.6 Å². The fourth-order valence-electron chi connectivity index (χ4n) is 7.63. The van der Waals surface area contributed by atoms with Crippen molar-refractivity contribution in [2.75, 3.05) is 136 Å². The van der Waals surface area contributed by atoms with Gasteiger partial charge in [0, 0.05) is 24.9 Å². The molecule has 1 aliphatic heterocycles. The zero-order valence-corrected chi connectivity index (χ0v) is 45.1. The highest BCUT2D eigenvalue weighted by Crippen LogP contribution is 2.32. The number of aromatic nitrogens is 3. The van der Waals surface area contributed by atoms with Crippen LogP contribution >= 0.6 is 0 Å². The molecule has 29 nitrogen and oxygen atoms in total. The molecule has 80 heavy (non-hydrogen) atoms. The summed E-state index contributed by atoms with van der Waals surface area (Å²) in [5, 5.41) is 69.9. The first-order valence-corrected chi connectivity index (χ1v) is 26.1. The lowest BCUT2D eigenvalue weighted by Gasteiger charge is -2.38. The van der Waals surface area contributed by atoms with E-state index < -0.39 is 60.6 Å². The largest absolute Gasteiger partial charge is 0.479 e. The molecule has 1 unspecified atom stereocenters. The number of hydrogen-bond acceptors (Lipinski definition) is 24. The molecule has 0 saturated carbocycles. The van der Waals surface area contributed by atoms with E-state index in [0.29, 0.717) is 108 Å². The van der Waals surface area contributed by atoms with Gasteiger partial charge in [0.2, 0.25) is 18.1 Å². The van der Waals surface area contributed by atoms with E-state index in [4.69, 9.17) is 62.5 Å². The van der Waals surface area contributed by atoms with E-state index in [1.165, 1.54) is 25.2 Å². The first-order chi connectivity index (χ1) is 38.7. The van der Waals surface area contributed by atoms with Crippen LogP contribution in [0.25, 0.3) is 21.9 Å². The number of aliphatic hydroxyl groups excluding tert-OH is 3. The molecule has 446 valence electrons. The fourth-order valence-corrected chi connectivity index (χ4v) is 7.63. The molecule has 5 rings (SSSR count). The molecule has 3 heterocycles. The Morgan fingerprint density at radius 1 is 0.738 bits per heavy atom. The molecule has 10 N–H and O–H groups in total. The normalized spacial score (nSPS) is 17.8. The number of rotatable bonds is 40. The van der Waals surface area contributed by atoms with Gasteiger partial charge in [-0.3, -0.25) is 25.3 Å². The number of carbonyl (C=O) groups excluding carboxylic acids is 3. The molecule has 3 amide bonds. The van der Waals surface area contributed by atoms with Gasteiger partial charge in [-0.05, 0) is 36.7 Å². The summed E-state index contributed by atoms with van der Waals surface area (Å²) < 4.78 is 62.1. The molecule has 2 aromatic heterocycles. The van der Waals surface area contributed by atoms with Crippen LogP contribution in [0.5, 0.6) is 5.75 Å². The van der Waals surface area contributed by atoms with Crippen LogP contribution in [0.1, 0.15) is 25.8 Å². The molecule has 0 radical (unpaired) electrons. The minimum Gasteiger partial charge on any atom is -0.479 e. The third-order valence-corrected chi connectivity index (χ3v) is 11.6. The van der Waals surface area contributed by atoms with Crippen molar-refractivity contribution in [1.29, 1.82) is 0 Å². The van der Waals surface area contributed by atoms with Gasteiger partial charge >= 0.3 is 12.1 Å². The molecule has 4 aromatic rings. The Balaban J connectivity index is 0.998. The van der Waals surface area contributed by atoms with Gasteiger partial charge in [-0.1, -0.05) is 43.3 Å². The van der Waals surface area contributed by atoms with Crippen LogP contribution in [0.2, 0.25) is 0 Å². The number of ether oxygens (including phenoxy) is 11. The van der Waals surface area contributed by atoms with Gasteiger partial charge in [0.05, 0.1) is 135 Å². The molecular weight excluding hydrogens is 1060 g/mol. The Bertz CT molecular complexity index is 2490. The summed E-state index contributed by atoms with van der Waals surface area (Å²) in [6, 6.07) is 10.6. The second-order valence-corrected chi connectivity index (χ2v) is 18.2. The molecule has 1 saturated heterocycles. The Labute approximate surface area is 461 Å². The summed E-state index contributed by atoms with van der Waals surface area (Å²) in [4.78, 5) is 60.8. The Morgan fingerprint density at radius 2 is 1.31 bits per heavy atom. The highest BCUT2D eigenvalue weighted by atomic mass is 16.8. The van der Waals surface area contributed by atoms with Crippen molar-refractivity contribution in [2.45, 2.75) is 70.2 Å². The Morgan fingerprint density at radius 3 is 1.88 bits per heavy atom. The number of anilines is 2. The summed E-state index contributed by atoms with van der Waals surface area (Å²) in [7, 11) is 1.49. The number of benzene rings is 2. The van der Waals surface area contributed by atoms with Crippen molar-refractivity contribution >= 4 is 57.3 Å². The number of nitrogens with zero attached hydrogens (tertiary/aromatic N) is 4. The molecule has 0 aliphatic carbocycles. The first-order valence-electron chi connectivity index (χ1n) is 26.1. The predicted octanol–water partition coefficient (Wildman–Crippen LogP) is 0.506. The van der Waals surface area contributed by atoms with Crippen molar-refractivity contribution in [1.82, 2.24) is 30.4 Å². The maximum absolute atomic E-state index is 13.7. The van der Waals surface area contributed by atoms with Gasteiger partial charge < -0.3 is 93.0 Å². The van der Waals surface area contributed by atoms with Gasteiger partial charge in [0.1, 0.15) is 42.2 Å². The number of carboxylic acids is 1. The number of hydrogen-bond donors (Lipinski definition) is 10. The number of aliphatic hydroxyl groups is 3. The molecule has 6 atom stereocenters. The van der Waals surface area contributed by atoms with Crippen LogP contribution in [-0.2, 0) is 74.9 Å². The summed E-state index contributed by atoms with van der Waals surface area (Å²) in [6.45, 7) is 9.64. The van der Waals surface area contributed by atoms with E-state index in [-0.39, 0.29) is 75.0 Å². The Hall–Kier alpha value is -5.84. The Kier molecular flexibility index (Phi) is 29.1. The standard InChI is InChI=1S/C51H76N8O21/c1-33(2)30-58-32-54-41-42(58)35-6-4-5-7-36(35)55-47(41)57-51(67)78-31-34-8-9-39(79-50-45(63)43(61)44(62)46(80-50)49(65)66)37(28-34)56-48(64)38(52-3)29-53-40(60)10-12-70-14-16-72-18-20-74-22-24-76-26-27-77-25-23-75-21-19-73-17-15-71-13-11-59(68)69/h4-9,28,32-33,38,43-46,50,52,61-63,68-69H,10-27,29-31H2,1-3H3,(H,53,60)(H,56,64)(H,65,66)(H,55,57,67)/t38?,43-,44-,45+,46-,50+/m0/s1. The van der Waals surface area contributed by atoms with Crippen molar-refractivity contribution in [2.24, 2.45) is 5.92 Å². The number of likely N-dealkylation sites (N-methyl/N-ethyl adjacent to an activating group) is 1. The zero-order chi connectivity index (χ0) is 57.7. The van der Waals surface area contributed by atoms with E-state index >= 15 is 0 Å². The quantitative estimate of drug-likeness (QED) is 0.0214. The van der Waals surface area contributed by atoms with Gasteiger partial charge in [-0.15, -0.1) is 0 Å². The van der Waals surface area contributed by atoms with Gasteiger partial charge in [-0.2, -0.15) is 0 Å². The van der Waals surface area contributed by atoms with Gasteiger partial charge in [0.15, 0.2) is 11.9 Å². The van der Waals surface area contributed by atoms with Gasteiger partial charge in [-0.25, -0.2) is 19.6 Å². The monoisotopic (exact) mass is 1140 g/mol. The molecule has 29 heteroatoms. The number of aliphatic carboxylic acids is 1. The van der Waals surface area contributed by atoms with Crippen LogP contribution in [0.4, 0.5) is 16.3 Å². The average molecular weight is 1140 g/mol.